The molecule has 0 aromatic rings. The molecule has 1 heterocycles. The van der Waals surface area contributed by atoms with Crippen molar-refractivity contribution in [2.45, 2.75) is 110 Å². The molecule has 1 aliphatic rings. The molecule has 0 aliphatic carbocycles. The van der Waals surface area contributed by atoms with Gasteiger partial charge in [0.25, 0.3) is 0 Å². The average Bonchev–Trinajstić information content (AvgIpc) is 2.70. The van der Waals surface area contributed by atoms with Crippen LogP contribution in [0.2, 0.25) is 0 Å². The fourth-order valence-corrected chi connectivity index (χ4v) is 3.17. The van der Waals surface area contributed by atoms with E-state index in [1.807, 2.05) is 0 Å². The smallest absolute Gasteiger partial charge is 0.420 e. The molecule has 1 rings (SSSR count). The number of amides is 2. The highest BCUT2D eigenvalue weighted by atomic mass is 16.6. The van der Waals surface area contributed by atoms with Gasteiger partial charge in [0.15, 0.2) is 0 Å². The highest BCUT2D eigenvalue weighted by Crippen LogP contribution is 2.24. The maximum Gasteiger partial charge on any atom is 0.420 e. The molecule has 0 N–H and O–H groups in total. The molecular weight excluding hydrogens is 434 g/mol. The number of cyclic esters (lactones) is 1. The van der Waals surface area contributed by atoms with Crippen molar-refractivity contribution in [2.75, 3.05) is 13.7 Å². The maximum atomic E-state index is 13.1. The Labute approximate surface area is 196 Å². The van der Waals surface area contributed by atoms with E-state index in [0.717, 1.165) is 0 Å². The van der Waals surface area contributed by atoms with Gasteiger partial charge < -0.3 is 23.7 Å². The van der Waals surface area contributed by atoms with Gasteiger partial charge in [0.2, 0.25) is 0 Å². The third-order valence-electron chi connectivity index (χ3n) is 4.67. The number of nitrogens with zero attached hydrogens (tertiary/aromatic N) is 1. The van der Waals surface area contributed by atoms with Crippen molar-refractivity contribution >= 4 is 24.1 Å². The number of carbonyl (C=O) groups excluding carboxylic acids is 4. The minimum atomic E-state index is -1.20. The second-order valence-corrected chi connectivity index (χ2v) is 10.0. The van der Waals surface area contributed by atoms with Gasteiger partial charge in [-0.2, -0.15) is 4.90 Å². The molecule has 10 nitrogen and oxygen atoms in total. The summed E-state index contributed by atoms with van der Waals surface area (Å²) in [6.07, 6.45) is -0.985. The Kier molecular flexibility index (Phi) is 10.6. The highest BCUT2D eigenvalue weighted by Gasteiger charge is 2.42. The Morgan fingerprint density at radius 3 is 1.97 bits per heavy atom. The number of methoxy groups -OCH3 is 1. The fourth-order valence-electron chi connectivity index (χ4n) is 3.17. The van der Waals surface area contributed by atoms with Crippen molar-refractivity contribution in [1.82, 2.24) is 4.90 Å². The third-order valence-corrected chi connectivity index (χ3v) is 4.67. The van der Waals surface area contributed by atoms with E-state index in [1.54, 1.807) is 48.5 Å². The predicted octanol–water partition coefficient (Wildman–Crippen LogP) is 3.98. The molecule has 1 fully saturated rings. The van der Waals surface area contributed by atoms with Crippen molar-refractivity contribution in [3.63, 3.8) is 0 Å². The number of esters is 2. The molecular formula is C23H39NO9. The first-order valence-electron chi connectivity index (χ1n) is 11.3. The van der Waals surface area contributed by atoms with Crippen molar-refractivity contribution in [3.05, 3.63) is 0 Å². The molecule has 0 unspecified atom stereocenters. The van der Waals surface area contributed by atoms with Gasteiger partial charge in [-0.1, -0.05) is 12.8 Å². The number of hydrogen-bond acceptors (Lipinski definition) is 9. The number of hydrogen-bond donors (Lipinski definition) is 0. The fraction of sp³-hybridized carbons (Fsp3) is 0.826. The summed E-state index contributed by atoms with van der Waals surface area (Å²) in [5, 5.41) is 0. The predicted molar refractivity (Wildman–Crippen MR) is 118 cm³/mol. The molecule has 0 aromatic heterocycles. The second kappa shape index (κ2) is 12.2. The maximum absolute atomic E-state index is 13.1. The molecule has 0 aromatic carbocycles. The lowest BCUT2D eigenvalue weighted by atomic mass is 10.0. The summed E-state index contributed by atoms with van der Waals surface area (Å²) in [7, 11) is 1.30. The van der Waals surface area contributed by atoms with Crippen LogP contribution in [-0.4, -0.2) is 72.2 Å². The molecule has 0 saturated carbocycles. The van der Waals surface area contributed by atoms with Crippen LogP contribution in [-0.2, 0) is 33.3 Å². The van der Waals surface area contributed by atoms with Crippen LogP contribution in [0.1, 0.15) is 80.6 Å². The van der Waals surface area contributed by atoms with E-state index in [1.165, 1.54) is 7.11 Å². The lowest BCUT2D eigenvalue weighted by Gasteiger charge is -2.32. The molecule has 1 aliphatic heterocycles. The first-order chi connectivity index (χ1) is 15.1. The Morgan fingerprint density at radius 1 is 0.970 bits per heavy atom. The summed E-state index contributed by atoms with van der Waals surface area (Å²) < 4.78 is 26.7. The topological polar surface area (TPSA) is 118 Å². The largest absolute Gasteiger partial charge is 0.469 e. The van der Waals surface area contributed by atoms with Crippen LogP contribution in [0.5, 0.6) is 0 Å². The lowest BCUT2D eigenvalue weighted by Crippen LogP contribution is -2.53. The van der Waals surface area contributed by atoms with Crippen LogP contribution in [0.25, 0.3) is 0 Å². The molecule has 2 amide bonds. The zero-order chi connectivity index (χ0) is 25.4. The van der Waals surface area contributed by atoms with Crippen LogP contribution in [0.3, 0.4) is 0 Å². The molecule has 0 spiro atoms. The zero-order valence-electron chi connectivity index (χ0n) is 21.1. The number of carbonyl (C=O) groups is 4. The van der Waals surface area contributed by atoms with Gasteiger partial charge in [0.1, 0.15) is 23.3 Å². The van der Waals surface area contributed by atoms with E-state index in [0.29, 0.717) is 24.2 Å². The van der Waals surface area contributed by atoms with Gasteiger partial charge in [0, 0.05) is 0 Å². The molecule has 190 valence electrons. The molecule has 1 saturated heterocycles. The van der Waals surface area contributed by atoms with E-state index in [2.05, 4.69) is 4.74 Å². The van der Waals surface area contributed by atoms with Crippen molar-refractivity contribution in [1.29, 1.82) is 0 Å². The second-order valence-electron chi connectivity index (χ2n) is 10.0. The van der Waals surface area contributed by atoms with Gasteiger partial charge in [0.05, 0.1) is 26.2 Å². The van der Waals surface area contributed by atoms with Gasteiger partial charge in [-0.3, -0.25) is 4.79 Å². The van der Waals surface area contributed by atoms with Gasteiger partial charge >= 0.3 is 24.1 Å². The summed E-state index contributed by atoms with van der Waals surface area (Å²) in [5.41, 5.74) is -1.77. The Balaban J connectivity index is 3.06. The Morgan fingerprint density at radius 2 is 1.48 bits per heavy atom. The van der Waals surface area contributed by atoms with Crippen molar-refractivity contribution in [2.24, 2.45) is 0 Å². The van der Waals surface area contributed by atoms with E-state index in [-0.39, 0.29) is 19.4 Å². The average molecular weight is 474 g/mol. The van der Waals surface area contributed by atoms with Crippen LogP contribution >= 0.6 is 0 Å². The van der Waals surface area contributed by atoms with E-state index < -0.39 is 53.6 Å². The quantitative estimate of drug-likeness (QED) is 0.431. The molecule has 0 bridgehead atoms. The zero-order valence-corrected chi connectivity index (χ0v) is 21.1. The molecule has 10 heteroatoms. The number of imide groups is 1. The molecule has 0 radical (unpaired) electrons. The van der Waals surface area contributed by atoms with Gasteiger partial charge in [-0.15, -0.1) is 0 Å². The first kappa shape index (κ1) is 28.7. The summed E-state index contributed by atoms with van der Waals surface area (Å²) in [6, 6.07) is -1.20. The summed E-state index contributed by atoms with van der Waals surface area (Å²) >= 11 is 0. The summed E-state index contributed by atoms with van der Waals surface area (Å²) in [4.78, 5) is 51.0. The monoisotopic (exact) mass is 473 g/mol. The SMILES string of the molecule is COC(=O)CCO[C@@H]1CCCC[C@H](N(C(=O)OC(C)(C)C)C(=O)OC(C)(C)C)C(=O)O[C@H]1C. The normalized spacial score (nSPS) is 22.2. The number of ether oxygens (including phenoxy) is 5. The van der Waals surface area contributed by atoms with Crippen LogP contribution < -0.4 is 0 Å². The molecule has 3 atom stereocenters. The van der Waals surface area contributed by atoms with Crippen molar-refractivity contribution in [3.8, 4) is 0 Å². The first-order valence-corrected chi connectivity index (χ1v) is 11.3. The summed E-state index contributed by atoms with van der Waals surface area (Å²) in [5.74, 6) is -1.14. The standard InChI is InChI=1S/C23H39NO9/c1-15-17(30-14-13-18(25)29-8)12-10-9-11-16(19(26)31-15)24(20(27)32-22(2,3)4)21(28)33-23(5,6)7/h15-17H,9-14H2,1-8H3/t15-,16-,17+/m0/s1. The third kappa shape index (κ3) is 10.4. The Hall–Kier alpha value is -2.36. The minimum absolute atomic E-state index is 0.0847. The van der Waals surface area contributed by atoms with E-state index >= 15 is 0 Å². The van der Waals surface area contributed by atoms with Crippen LogP contribution in [0, 0.1) is 0 Å². The lowest BCUT2D eigenvalue weighted by molar-refractivity contribution is -0.162. The van der Waals surface area contributed by atoms with Crippen LogP contribution in [0.15, 0.2) is 0 Å². The Bertz CT molecular complexity index is 665. The van der Waals surface area contributed by atoms with Gasteiger partial charge in [-0.25, -0.2) is 14.4 Å². The summed E-state index contributed by atoms with van der Waals surface area (Å²) in [6.45, 7) is 11.8. The molecule has 33 heavy (non-hydrogen) atoms. The number of rotatable bonds is 5. The minimum Gasteiger partial charge on any atom is -0.469 e. The van der Waals surface area contributed by atoms with Crippen molar-refractivity contribution < 1.29 is 42.9 Å². The van der Waals surface area contributed by atoms with Gasteiger partial charge in [-0.05, 0) is 61.3 Å². The van der Waals surface area contributed by atoms with Crippen LogP contribution in [0.4, 0.5) is 9.59 Å². The highest BCUT2D eigenvalue weighted by molar-refractivity contribution is 5.94. The van der Waals surface area contributed by atoms with E-state index in [4.69, 9.17) is 18.9 Å². The van der Waals surface area contributed by atoms with E-state index in [9.17, 15) is 19.2 Å².